The number of hydrogen-bond donors (Lipinski definition) is 2. The highest BCUT2D eigenvalue weighted by Crippen LogP contribution is 2.36. The number of pyridine rings is 1. The summed E-state index contributed by atoms with van der Waals surface area (Å²) >= 11 is 0. The monoisotopic (exact) mass is 439 g/mol. The number of aromatic nitrogens is 1. The van der Waals surface area contributed by atoms with Crippen LogP contribution in [0, 0.1) is 11.1 Å². The standard InChI is InChI=1S/C24H29N3O5/c1-24(2)8-7-17-9-15(3-6-21(17)32-24)11-22(28)25-12-16-10-18(14-25)19-4-5-20(27(30)31)23(29)26(19)13-16/h3-6,9,16,18,27,30H,7-8,10-14H2,1-2H3. The van der Waals surface area contributed by atoms with Gasteiger partial charge in [-0.3, -0.25) is 9.59 Å². The number of ether oxygens (including phenoxy) is 1. The van der Waals surface area contributed by atoms with E-state index < -0.39 is 10.8 Å². The number of likely N-dealkylation sites (tertiary alicyclic amines) is 1. The van der Waals surface area contributed by atoms with Crippen molar-refractivity contribution >= 4 is 11.6 Å². The number of carbonyl (C=O) groups is 1. The minimum Gasteiger partial charge on any atom is -0.595 e. The fourth-order valence-electron chi connectivity index (χ4n) is 5.42. The summed E-state index contributed by atoms with van der Waals surface area (Å²) < 4.78 is 7.66. The van der Waals surface area contributed by atoms with Crippen LogP contribution in [-0.4, -0.2) is 39.3 Å². The van der Waals surface area contributed by atoms with Gasteiger partial charge < -0.3 is 19.4 Å². The largest absolute Gasteiger partial charge is 0.595 e. The topological polar surface area (TPSA) is 99.3 Å². The van der Waals surface area contributed by atoms with Gasteiger partial charge in [-0.05, 0) is 62.3 Å². The van der Waals surface area contributed by atoms with Gasteiger partial charge in [0.25, 0.3) is 0 Å². The summed E-state index contributed by atoms with van der Waals surface area (Å²) in [7, 11) is 0. The van der Waals surface area contributed by atoms with Gasteiger partial charge in [0, 0.05) is 37.3 Å². The predicted octanol–water partition coefficient (Wildman–Crippen LogP) is 1.54. The zero-order valence-electron chi connectivity index (χ0n) is 18.5. The lowest BCUT2D eigenvalue weighted by atomic mass is 9.83. The Morgan fingerprint density at radius 1 is 1.25 bits per heavy atom. The third kappa shape index (κ3) is 3.83. The second kappa shape index (κ2) is 7.72. The molecule has 4 heterocycles. The van der Waals surface area contributed by atoms with Crippen molar-refractivity contribution in [2.24, 2.45) is 5.92 Å². The number of benzene rings is 1. The highest BCUT2D eigenvalue weighted by atomic mass is 16.8. The first kappa shape index (κ1) is 21.2. The molecule has 0 aliphatic carbocycles. The number of quaternary nitrogens is 1. The Morgan fingerprint density at radius 3 is 2.84 bits per heavy atom. The summed E-state index contributed by atoms with van der Waals surface area (Å²) in [5.41, 5.74) is 2.20. The maximum absolute atomic E-state index is 13.1. The Morgan fingerprint density at radius 2 is 2.06 bits per heavy atom. The van der Waals surface area contributed by atoms with Crippen LogP contribution >= 0.6 is 0 Å². The molecule has 1 saturated heterocycles. The van der Waals surface area contributed by atoms with Crippen LogP contribution in [-0.2, 0) is 24.2 Å². The fourth-order valence-corrected chi connectivity index (χ4v) is 5.42. The molecule has 32 heavy (non-hydrogen) atoms. The van der Waals surface area contributed by atoms with Crippen molar-refractivity contribution in [1.82, 2.24) is 9.47 Å². The molecule has 3 aliphatic rings. The van der Waals surface area contributed by atoms with Crippen molar-refractivity contribution in [2.45, 2.75) is 57.6 Å². The van der Waals surface area contributed by atoms with E-state index in [-0.39, 0.29) is 29.0 Å². The van der Waals surface area contributed by atoms with Crippen molar-refractivity contribution in [3.63, 3.8) is 0 Å². The van der Waals surface area contributed by atoms with Crippen LogP contribution in [0.2, 0.25) is 0 Å². The molecule has 2 bridgehead atoms. The smallest absolute Gasteiger partial charge is 0.315 e. The maximum Gasteiger partial charge on any atom is 0.315 e. The number of rotatable bonds is 3. The van der Waals surface area contributed by atoms with E-state index in [2.05, 4.69) is 19.9 Å². The molecule has 170 valence electrons. The predicted molar refractivity (Wildman–Crippen MR) is 117 cm³/mol. The number of hydrogen-bond acceptors (Lipinski definition) is 5. The van der Waals surface area contributed by atoms with Gasteiger partial charge >= 0.3 is 5.56 Å². The van der Waals surface area contributed by atoms with Gasteiger partial charge in [-0.15, -0.1) is 0 Å². The summed E-state index contributed by atoms with van der Waals surface area (Å²) in [5, 5.41) is 19.4. The molecule has 1 aromatic carbocycles. The maximum atomic E-state index is 13.1. The molecule has 1 fully saturated rings. The van der Waals surface area contributed by atoms with Crippen LogP contribution in [0.5, 0.6) is 5.75 Å². The molecule has 3 aliphatic heterocycles. The first-order valence-corrected chi connectivity index (χ1v) is 11.3. The zero-order valence-corrected chi connectivity index (χ0v) is 18.5. The summed E-state index contributed by atoms with van der Waals surface area (Å²) in [6.45, 7) is 5.80. The lowest BCUT2D eigenvalue weighted by Gasteiger charge is -2.43. The van der Waals surface area contributed by atoms with Gasteiger partial charge in [-0.25, -0.2) is 5.21 Å². The molecule has 0 radical (unpaired) electrons. The van der Waals surface area contributed by atoms with Gasteiger partial charge in [0.15, 0.2) is 0 Å². The number of amides is 1. The van der Waals surface area contributed by atoms with E-state index in [1.165, 1.54) is 6.07 Å². The number of piperidine rings is 1. The number of nitrogens with one attached hydrogen (secondary N) is 1. The molecule has 0 saturated carbocycles. The number of fused-ring (bicyclic) bond motifs is 5. The second-order valence-corrected chi connectivity index (χ2v) is 9.97. The molecule has 0 spiro atoms. The van der Waals surface area contributed by atoms with Gasteiger partial charge in [0.1, 0.15) is 11.4 Å². The van der Waals surface area contributed by atoms with Crippen molar-refractivity contribution in [3.8, 4) is 5.75 Å². The van der Waals surface area contributed by atoms with Crippen LogP contribution in [0.4, 0.5) is 5.69 Å². The number of aryl methyl sites for hydroxylation is 1. The van der Waals surface area contributed by atoms with Gasteiger partial charge in [0.05, 0.1) is 6.42 Å². The zero-order chi connectivity index (χ0) is 22.6. The average Bonchev–Trinajstić information content (AvgIpc) is 2.74. The minimum atomic E-state index is -1.20. The molecule has 8 heteroatoms. The molecule has 1 aromatic heterocycles. The Kier molecular flexibility index (Phi) is 5.11. The molecular weight excluding hydrogens is 410 g/mol. The van der Waals surface area contributed by atoms with Crippen LogP contribution in [0.3, 0.4) is 0 Å². The molecule has 1 amide bonds. The minimum absolute atomic E-state index is 0.0566. The van der Waals surface area contributed by atoms with E-state index in [1.54, 1.807) is 10.6 Å². The Hall–Kier alpha value is -2.68. The molecule has 8 nitrogen and oxygen atoms in total. The summed E-state index contributed by atoms with van der Waals surface area (Å²) in [6.07, 6.45) is 3.17. The highest BCUT2D eigenvalue weighted by Gasteiger charge is 2.37. The summed E-state index contributed by atoms with van der Waals surface area (Å²) in [6, 6.07) is 9.19. The van der Waals surface area contributed by atoms with E-state index >= 15 is 0 Å². The highest BCUT2D eigenvalue weighted by molar-refractivity contribution is 5.79. The van der Waals surface area contributed by atoms with Gasteiger partial charge in [-0.2, -0.15) is 5.23 Å². The van der Waals surface area contributed by atoms with Gasteiger partial charge in [0.2, 0.25) is 11.6 Å². The lowest BCUT2D eigenvalue weighted by molar-refractivity contribution is -0.992. The first-order chi connectivity index (χ1) is 15.2. The number of carbonyl (C=O) groups excluding carboxylic acids is 1. The molecule has 5 rings (SSSR count). The molecular formula is C24H29N3O5. The normalized spacial score (nSPS) is 24.2. The third-order valence-corrected chi connectivity index (χ3v) is 7.05. The molecule has 3 unspecified atom stereocenters. The number of nitrogens with zero attached hydrogens (tertiary/aromatic N) is 2. The van der Waals surface area contributed by atoms with E-state index in [0.717, 1.165) is 41.8 Å². The van der Waals surface area contributed by atoms with Crippen LogP contribution in [0.15, 0.2) is 35.1 Å². The summed E-state index contributed by atoms with van der Waals surface area (Å²) in [5.74, 6) is 1.22. The van der Waals surface area contributed by atoms with E-state index in [1.807, 2.05) is 17.0 Å². The first-order valence-electron chi connectivity index (χ1n) is 11.3. The lowest BCUT2D eigenvalue weighted by Crippen LogP contribution is -3.00. The molecule has 2 N–H and O–H groups in total. The molecule has 3 atom stereocenters. The Labute approximate surface area is 186 Å². The van der Waals surface area contributed by atoms with Crippen molar-refractivity contribution in [3.05, 3.63) is 62.7 Å². The second-order valence-electron chi connectivity index (χ2n) is 9.97. The van der Waals surface area contributed by atoms with E-state index in [9.17, 15) is 20.0 Å². The van der Waals surface area contributed by atoms with Crippen LogP contribution < -0.4 is 15.5 Å². The van der Waals surface area contributed by atoms with Crippen molar-refractivity contribution in [1.29, 1.82) is 0 Å². The van der Waals surface area contributed by atoms with Crippen molar-refractivity contribution < 1.29 is 20.0 Å². The average molecular weight is 440 g/mol. The van der Waals surface area contributed by atoms with E-state index in [4.69, 9.17) is 4.74 Å². The molecule has 2 aromatic rings. The van der Waals surface area contributed by atoms with E-state index in [0.29, 0.717) is 26.1 Å². The van der Waals surface area contributed by atoms with Gasteiger partial charge in [-0.1, -0.05) is 12.1 Å². The van der Waals surface area contributed by atoms with Crippen LogP contribution in [0.25, 0.3) is 0 Å². The van der Waals surface area contributed by atoms with Crippen LogP contribution in [0.1, 0.15) is 49.4 Å². The Balaban J connectivity index is 1.31. The SMILES string of the molecule is CC1(C)CCc2cc(CC(=O)N3CC4CC(C3)c3ccc([NH+]([O-])O)c(=O)n3C4)ccc2O1. The fraction of sp³-hybridized carbons (Fsp3) is 0.500. The van der Waals surface area contributed by atoms with Crippen molar-refractivity contribution in [2.75, 3.05) is 13.1 Å². The Bertz CT molecular complexity index is 1120. The quantitative estimate of drug-likeness (QED) is 0.707. The third-order valence-electron chi connectivity index (χ3n) is 7.05. The summed E-state index contributed by atoms with van der Waals surface area (Å²) in [4.78, 5) is 27.6.